The molecule has 1 aromatic heterocycles. The van der Waals surface area contributed by atoms with Gasteiger partial charge in [0.2, 0.25) is 0 Å². The summed E-state index contributed by atoms with van der Waals surface area (Å²) in [7, 11) is 0. The van der Waals surface area contributed by atoms with Gasteiger partial charge in [-0.3, -0.25) is 4.79 Å². The van der Waals surface area contributed by atoms with E-state index in [-0.39, 0.29) is 12.0 Å². The largest absolute Gasteiger partial charge is 0.486 e. The fourth-order valence-electron chi connectivity index (χ4n) is 4.40. The number of hydrogen-bond acceptors (Lipinski definition) is 5. The molecule has 3 aromatic rings. The zero-order valence-electron chi connectivity index (χ0n) is 17.8. The first-order valence-electron chi connectivity index (χ1n) is 11.0. The third-order valence-corrected chi connectivity index (χ3v) is 6.37. The van der Waals surface area contributed by atoms with E-state index in [1.807, 2.05) is 30.3 Å². The highest BCUT2D eigenvalue weighted by Gasteiger charge is 2.26. The number of piperidine rings is 1. The van der Waals surface area contributed by atoms with Gasteiger partial charge in [0.05, 0.1) is 11.6 Å². The molecule has 0 radical (unpaired) electrons. The topological polar surface area (TPSA) is 67.3 Å². The Kier molecular flexibility index (Phi) is 5.95. The van der Waals surface area contributed by atoms with Crippen molar-refractivity contribution in [3.8, 4) is 16.9 Å². The predicted molar refractivity (Wildman–Crippen MR) is 125 cm³/mol. The van der Waals surface area contributed by atoms with Gasteiger partial charge in [-0.05, 0) is 61.2 Å². The molecule has 2 aliphatic rings. The van der Waals surface area contributed by atoms with E-state index in [9.17, 15) is 4.79 Å². The van der Waals surface area contributed by atoms with Gasteiger partial charge < -0.3 is 15.0 Å². The SMILES string of the molecule is O=C(NCC1Cc2cc(-c3cncnc3)cc(Cl)c2O1)c1ccc(N2CCCCC2)cc1. The lowest BCUT2D eigenvalue weighted by Crippen LogP contribution is -2.34. The Balaban J connectivity index is 1.20. The van der Waals surface area contributed by atoms with Crippen LogP contribution in [0.2, 0.25) is 5.02 Å². The summed E-state index contributed by atoms with van der Waals surface area (Å²) in [6.45, 7) is 2.60. The lowest BCUT2D eigenvalue weighted by molar-refractivity contribution is 0.0933. The molecule has 3 heterocycles. The number of carbonyl (C=O) groups is 1. The summed E-state index contributed by atoms with van der Waals surface area (Å²) in [5.74, 6) is 0.598. The van der Waals surface area contributed by atoms with Crippen molar-refractivity contribution in [2.75, 3.05) is 24.5 Å². The second-order valence-corrected chi connectivity index (χ2v) is 8.73. The molecular formula is C25H25ClN4O2. The Bertz CT molecular complexity index is 1100. The Morgan fingerprint density at radius 3 is 2.56 bits per heavy atom. The lowest BCUT2D eigenvalue weighted by Gasteiger charge is -2.28. The number of nitrogens with zero attached hydrogens (tertiary/aromatic N) is 3. The summed E-state index contributed by atoms with van der Waals surface area (Å²) < 4.78 is 6.03. The summed E-state index contributed by atoms with van der Waals surface area (Å²) >= 11 is 6.47. The number of amides is 1. The van der Waals surface area contributed by atoms with Gasteiger partial charge in [-0.1, -0.05) is 11.6 Å². The number of fused-ring (bicyclic) bond motifs is 1. The van der Waals surface area contributed by atoms with E-state index in [0.717, 1.165) is 29.8 Å². The van der Waals surface area contributed by atoms with E-state index in [1.54, 1.807) is 12.4 Å². The normalized spacial score (nSPS) is 17.5. The lowest BCUT2D eigenvalue weighted by atomic mass is 10.0. The molecular weight excluding hydrogens is 424 g/mol. The zero-order valence-corrected chi connectivity index (χ0v) is 18.5. The fraction of sp³-hybridized carbons (Fsp3) is 0.320. The summed E-state index contributed by atoms with van der Waals surface area (Å²) in [6.07, 6.45) is 9.32. The second kappa shape index (κ2) is 9.17. The average Bonchev–Trinajstić information content (AvgIpc) is 3.27. The standard InChI is InChI=1S/C25H25ClN4O2/c26-23-12-18(20-13-27-16-28-14-20)10-19-11-22(32-24(19)23)15-29-25(31)17-4-6-21(7-5-17)30-8-2-1-3-9-30/h4-7,10,12-14,16,22H,1-3,8-9,11,15H2,(H,29,31). The summed E-state index contributed by atoms with van der Waals surface area (Å²) in [5, 5.41) is 3.56. The zero-order chi connectivity index (χ0) is 21.9. The van der Waals surface area contributed by atoms with Crippen LogP contribution in [-0.4, -0.2) is 41.6 Å². The molecule has 164 valence electrons. The van der Waals surface area contributed by atoms with Gasteiger partial charge in [0.15, 0.2) is 0 Å². The number of hydrogen-bond donors (Lipinski definition) is 1. The van der Waals surface area contributed by atoms with Crippen LogP contribution in [-0.2, 0) is 6.42 Å². The number of halogens is 1. The number of nitrogens with one attached hydrogen (secondary N) is 1. The van der Waals surface area contributed by atoms with Crippen LogP contribution < -0.4 is 15.0 Å². The van der Waals surface area contributed by atoms with E-state index in [2.05, 4.69) is 26.3 Å². The van der Waals surface area contributed by atoms with Gasteiger partial charge >= 0.3 is 0 Å². The molecule has 1 saturated heterocycles. The van der Waals surface area contributed by atoms with E-state index in [0.29, 0.717) is 29.3 Å². The van der Waals surface area contributed by atoms with Crippen LogP contribution in [0.15, 0.2) is 55.1 Å². The third-order valence-electron chi connectivity index (χ3n) is 6.09. The highest BCUT2D eigenvalue weighted by Crippen LogP contribution is 2.39. The highest BCUT2D eigenvalue weighted by atomic mass is 35.5. The molecule has 32 heavy (non-hydrogen) atoms. The molecule has 1 atom stereocenters. The van der Waals surface area contributed by atoms with Crippen molar-refractivity contribution in [1.82, 2.24) is 15.3 Å². The van der Waals surface area contributed by atoms with Gasteiger partial charge in [0.1, 0.15) is 18.2 Å². The maximum absolute atomic E-state index is 12.6. The molecule has 5 rings (SSSR count). The van der Waals surface area contributed by atoms with Crippen LogP contribution in [0.1, 0.15) is 35.2 Å². The van der Waals surface area contributed by atoms with E-state index in [1.165, 1.54) is 31.3 Å². The van der Waals surface area contributed by atoms with Gasteiger partial charge in [-0.15, -0.1) is 0 Å². The molecule has 2 aromatic carbocycles. The molecule has 6 nitrogen and oxygen atoms in total. The van der Waals surface area contributed by atoms with Crippen molar-refractivity contribution < 1.29 is 9.53 Å². The number of anilines is 1. The van der Waals surface area contributed by atoms with Crippen molar-refractivity contribution in [1.29, 1.82) is 0 Å². The second-order valence-electron chi connectivity index (χ2n) is 8.32. The van der Waals surface area contributed by atoms with Gasteiger partial charge in [-0.25, -0.2) is 9.97 Å². The molecule has 0 bridgehead atoms. The molecule has 1 amide bonds. The van der Waals surface area contributed by atoms with Crippen molar-refractivity contribution >= 4 is 23.2 Å². The molecule has 1 N–H and O–H groups in total. The van der Waals surface area contributed by atoms with Crippen molar-refractivity contribution in [2.24, 2.45) is 0 Å². The number of benzene rings is 2. The average molecular weight is 449 g/mol. The molecule has 1 unspecified atom stereocenters. The Hall–Kier alpha value is -3.12. The van der Waals surface area contributed by atoms with E-state index < -0.39 is 0 Å². The van der Waals surface area contributed by atoms with E-state index in [4.69, 9.17) is 16.3 Å². The molecule has 7 heteroatoms. The minimum atomic E-state index is -0.152. The smallest absolute Gasteiger partial charge is 0.251 e. The Morgan fingerprint density at radius 2 is 1.81 bits per heavy atom. The van der Waals surface area contributed by atoms with Crippen LogP contribution in [0.5, 0.6) is 5.75 Å². The van der Waals surface area contributed by atoms with Gasteiger partial charge in [-0.2, -0.15) is 0 Å². The first-order chi connectivity index (χ1) is 15.7. The van der Waals surface area contributed by atoms with Crippen molar-refractivity contribution in [3.63, 3.8) is 0 Å². The highest BCUT2D eigenvalue weighted by molar-refractivity contribution is 6.32. The monoisotopic (exact) mass is 448 g/mol. The molecule has 0 spiro atoms. The summed E-state index contributed by atoms with van der Waals surface area (Å²) in [6, 6.07) is 11.8. The van der Waals surface area contributed by atoms with Crippen molar-refractivity contribution in [3.05, 3.63) is 71.3 Å². The number of aromatic nitrogens is 2. The molecule has 0 aliphatic carbocycles. The maximum atomic E-state index is 12.6. The summed E-state index contributed by atoms with van der Waals surface area (Å²) in [4.78, 5) is 23.2. The summed E-state index contributed by atoms with van der Waals surface area (Å²) in [5.41, 5.74) is 4.73. The quantitative estimate of drug-likeness (QED) is 0.621. The Morgan fingerprint density at radius 1 is 1.06 bits per heavy atom. The van der Waals surface area contributed by atoms with Crippen LogP contribution in [0.4, 0.5) is 5.69 Å². The first-order valence-corrected chi connectivity index (χ1v) is 11.4. The van der Waals surface area contributed by atoms with Gasteiger partial charge in [0, 0.05) is 54.3 Å². The van der Waals surface area contributed by atoms with E-state index >= 15 is 0 Å². The van der Waals surface area contributed by atoms with Crippen LogP contribution in [0.3, 0.4) is 0 Å². The Labute approximate surface area is 192 Å². The predicted octanol–water partition coefficient (Wildman–Crippen LogP) is 4.52. The molecule has 1 fully saturated rings. The van der Waals surface area contributed by atoms with Crippen LogP contribution in [0.25, 0.3) is 11.1 Å². The minimum Gasteiger partial charge on any atom is -0.486 e. The fourth-order valence-corrected chi connectivity index (χ4v) is 4.68. The van der Waals surface area contributed by atoms with Crippen LogP contribution in [0, 0.1) is 0 Å². The molecule has 0 saturated carbocycles. The number of ether oxygens (including phenoxy) is 1. The van der Waals surface area contributed by atoms with Crippen molar-refractivity contribution in [2.45, 2.75) is 31.8 Å². The van der Waals surface area contributed by atoms with Gasteiger partial charge in [0.25, 0.3) is 5.91 Å². The number of rotatable bonds is 5. The molecule has 2 aliphatic heterocycles. The third kappa shape index (κ3) is 4.41. The number of carbonyl (C=O) groups excluding carboxylic acids is 1. The van der Waals surface area contributed by atoms with Crippen LogP contribution >= 0.6 is 11.6 Å². The minimum absolute atomic E-state index is 0.0945. The maximum Gasteiger partial charge on any atom is 0.251 e. The first kappa shape index (κ1) is 20.8.